The zero-order chi connectivity index (χ0) is 14.5. The molecule has 0 radical (unpaired) electrons. The maximum absolute atomic E-state index is 13.6. The van der Waals surface area contributed by atoms with Crippen molar-refractivity contribution in [2.45, 2.75) is 13.8 Å². The average molecular weight is 273 g/mol. The van der Waals surface area contributed by atoms with E-state index in [0.717, 1.165) is 38.4 Å². The van der Waals surface area contributed by atoms with Crippen molar-refractivity contribution in [2.75, 3.05) is 37.6 Å². The maximum atomic E-state index is 13.6. The SMILES string of the molecule is CC(C)=CCN1CCN(c2cccc(F)c2C#N)CC1. The third kappa shape index (κ3) is 3.37. The average Bonchev–Trinajstić information content (AvgIpc) is 2.45. The molecule has 0 atom stereocenters. The molecule has 0 amide bonds. The zero-order valence-electron chi connectivity index (χ0n) is 12.1. The van der Waals surface area contributed by atoms with Gasteiger partial charge in [-0.2, -0.15) is 5.26 Å². The summed E-state index contributed by atoms with van der Waals surface area (Å²) in [7, 11) is 0. The first-order valence-corrected chi connectivity index (χ1v) is 6.91. The molecule has 0 aliphatic carbocycles. The molecule has 0 spiro atoms. The first-order valence-electron chi connectivity index (χ1n) is 6.91. The second kappa shape index (κ2) is 6.53. The Bertz CT molecular complexity index is 533. The van der Waals surface area contributed by atoms with Gasteiger partial charge in [-0.3, -0.25) is 4.90 Å². The minimum atomic E-state index is -0.433. The Morgan fingerprint density at radius 3 is 2.60 bits per heavy atom. The predicted octanol–water partition coefficient (Wildman–Crippen LogP) is 2.79. The number of nitrogens with zero attached hydrogens (tertiary/aromatic N) is 3. The van der Waals surface area contributed by atoms with Gasteiger partial charge < -0.3 is 4.90 Å². The molecule has 0 saturated carbocycles. The van der Waals surface area contributed by atoms with Gasteiger partial charge in [-0.1, -0.05) is 17.7 Å². The van der Waals surface area contributed by atoms with Crippen LogP contribution < -0.4 is 4.90 Å². The van der Waals surface area contributed by atoms with Crippen LogP contribution in [0.15, 0.2) is 29.8 Å². The Balaban J connectivity index is 2.03. The molecule has 3 nitrogen and oxygen atoms in total. The van der Waals surface area contributed by atoms with Gasteiger partial charge in [0.25, 0.3) is 0 Å². The van der Waals surface area contributed by atoms with Crippen molar-refractivity contribution in [3.05, 3.63) is 41.2 Å². The van der Waals surface area contributed by atoms with Crippen LogP contribution in [-0.2, 0) is 0 Å². The number of hydrogen-bond acceptors (Lipinski definition) is 3. The topological polar surface area (TPSA) is 30.3 Å². The Kier molecular flexibility index (Phi) is 4.75. The molecular weight excluding hydrogens is 253 g/mol. The first-order chi connectivity index (χ1) is 9.61. The van der Waals surface area contributed by atoms with Crippen LogP contribution in [-0.4, -0.2) is 37.6 Å². The molecule has 20 heavy (non-hydrogen) atoms. The summed E-state index contributed by atoms with van der Waals surface area (Å²) < 4.78 is 13.6. The molecule has 4 heteroatoms. The quantitative estimate of drug-likeness (QED) is 0.793. The number of anilines is 1. The fraction of sp³-hybridized carbons (Fsp3) is 0.438. The highest BCUT2D eigenvalue weighted by Gasteiger charge is 2.19. The van der Waals surface area contributed by atoms with Crippen LogP contribution in [0.4, 0.5) is 10.1 Å². The van der Waals surface area contributed by atoms with Crippen molar-refractivity contribution in [2.24, 2.45) is 0 Å². The van der Waals surface area contributed by atoms with Gasteiger partial charge >= 0.3 is 0 Å². The fourth-order valence-corrected chi connectivity index (χ4v) is 2.37. The van der Waals surface area contributed by atoms with Crippen molar-refractivity contribution in [1.82, 2.24) is 4.90 Å². The number of halogens is 1. The molecule has 106 valence electrons. The minimum Gasteiger partial charge on any atom is -0.368 e. The number of rotatable bonds is 3. The van der Waals surface area contributed by atoms with Gasteiger partial charge in [0.2, 0.25) is 0 Å². The largest absolute Gasteiger partial charge is 0.368 e. The van der Waals surface area contributed by atoms with E-state index in [4.69, 9.17) is 5.26 Å². The molecule has 0 N–H and O–H groups in total. The molecule has 1 aromatic rings. The normalized spacial score (nSPS) is 15.8. The van der Waals surface area contributed by atoms with E-state index in [2.05, 4.69) is 29.7 Å². The van der Waals surface area contributed by atoms with Gasteiger partial charge in [0.05, 0.1) is 5.69 Å². The summed E-state index contributed by atoms with van der Waals surface area (Å²) in [6.45, 7) is 8.69. The summed E-state index contributed by atoms with van der Waals surface area (Å²) in [4.78, 5) is 4.47. The van der Waals surface area contributed by atoms with Crippen molar-refractivity contribution >= 4 is 5.69 Å². The molecule has 1 aromatic carbocycles. The second-order valence-electron chi connectivity index (χ2n) is 5.31. The highest BCUT2D eigenvalue weighted by atomic mass is 19.1. The van der Waals surface area contributed by atoms with E-state index >= 15 is 0 Å². The molecule has 0 bridgehead atoms. The molecule has 1 fully saturated rings. The maximum Gasteiger partial charge on any atom is 0.143 e. The van der Waals surface area contributed by atoms with Crippen molar-refractivity contribution < 1.29 is 4.39 Å². The van der Waals surface area contributed by atoms with E-state index in [1.807, 2.05) is 12.1 Å². The van der Waals surface area contributed by atoms with Crippen LogP contribution in [0.5, 0.6) is 0 Å². The van der Waals surface area contributed by atoms with E-state index in [0.29, 0.717) is 0 Å². The van der Waals surface area contributed by atoms with Crippen LogP contribution in [0, 0.1) is 17.1 Å². The molecule has 1 aliphatic rings. The number of nitriles is 1. The summed E-state index contributed by atoms with van der Waals surface area (Å²) in [5.41, 5.74) is 2.20. The van der Waals surface area contributed by atoms with Gasteiger partial charge in [-0.05, 0) is 26.0 Å². The molecule has 1 aliphatic heterocycles. The van der Waals surface area contributed by atoms with Crippen molar-refractivity contribution in [3.8, 4) is 6.07 Å². The third-order valence-electron chi connectivity index (χ3n) is 3.57. The lowest BCUT2D eigenvalue weighted by molar-refractivity contribution is 0.283. The Morgan fingerprint density at radius 1 is 1.30 bits per heavy atom. The Labute approximate surface area is 119 Å². The summed E-state index contributed by atoms with van der Waals surface area (Å²) >= 11 is 0. The second-order valence-corrected chi connectivity index (χ2v) is 5.31. The lowest BCUT2D eigenvalue weighted by Gasteiger charge is -2.36. The van der Waals surface area contributed by atoms with E-state index in [9.17, 15) is 4.39 Å². The van der Waals surface area contributed by atoms with Crippen LogP contribution in [0.25, 0.3) is 0 Å². The number of hydrogen-bond donors (Lipinski definition) is 0. The van der Waals surface area contributed by atoms with Crippen LogP contribution >= 0.6 is 0 Å². The van der Waals surface area contributed by atoms with Gasteiger partial charge in [-0.25, -0.2) is 4.39 Å². The number of allylic oxidation sites excluding steroid dienone is 1. The van der Waals surface area contributed by atoms with E-state index in [1.165, 1.54) is 11.6 Å². The predicted molar refractivity (Wildman–Crippen MR) is 79.2 cm³/mol. The standard InChI is InChI=1S/C16H20FN3/c1-13(2)6-7-19-8-10-20(11-9-19)16-5-3-4-15(17)14(16)12-18/h3-6H,7-11H2,1-2H3. The van der Waals surface area contributed by atoms with Gasteiger partial charge in [-0.15, -0.1) is 0 Å². The zero-order valence-corrected chi connectivity index (χ0v) is 12.1. The molecule has 1 saturated heterocycles. The monoisotopic (exact) mass is 273 g/mol. The Hall–Kier alpha value is -1.86. The van der Waals surface area contributed by atoms with Crippen molar-refractivity contribution in [3.63, 3.8) is 0 Å². The summed E-state index contributed by atoms with van der Waals surface area (Å²) in [6.07, 6.45) is 2.22. The smallest absolute Gasteiger partial charge is 0.143 e. The van der Waals surface area contributed by atoms with Gasteiger partial charge in [0.1, 0.15) is 17.4 Å². The lowest BCUT2D eigenvalue weighted by Crippen LogP contribution is -2.46. The van der Waals surface area contributed by atoms with E-state index < -0.39 is 5.82 Å². The van der Waals surface area contributed by atoms with E-state index in [1.54, 1.807) is 6.07 Å². The number of benzene rings is 1. The van der Waals surface area contributed by atoms with Crippen LogP contribution in [0.1, 0.15) is 19.4 Å². The van der Waals surface area contributed by atoms with Crippen LogP contribution in [0.3, 0.4) is 0 Å². The summed E-state index contributed by atoms with van der Waals surface area (Å²) in [5.74, 6) is -0.433. The number of piperazine rings is 1. The van der Waals surface area contributed by atoms with E-state index in [-0.39, 0.29) is 5.56 Å². The molecule has 1 heterocycles. The van der Waals surface area contributed by atoms with Crippen molar-refractivity contribution in [1.29, 1.82) is 5.26 Å². The first kappa shape index (κ1) is 14.5. The van der Waals surface area contributed by atoms with Crippen LogP contribution in [0.2, 0.25) is 0 Å². The summed E-state index contributed by atoms with van der Waals surface area (Å²) in [5, 5.41) is 9.09. The Morgan fingerprint density at radius 2 is 2.00 bits per heavy atom. The highest BCUT2D eigenvalue weighted by molar-refractivity contribution is 5.60. The molecule has 2 rings (SSSR count). The highest BCUT2D eigenvalue weighted by Crippen LogP contribution is 2.23. The summed E-state index contributed by atoms with van der Waals surface area (Å²) in [6, 6.07) is 6.81. The molecule has 0 aromatic heterocycles. The lowest BCUT2D eigenvalue weighted by atomic mass is 10.1. The third-order valence-corrected chi connectivity index (χ3v) is 3.57. The minimum absolute atomic E-state index is 0.158. The molecular formula is C16H20FN3. The van der Waals surface area contributed by atoms with Gasteiger partial charge in [0.15, 0.2) is 0 Å². The fourth-order valence-electron chi connectivity index (χ4n) is 2.37. The molecule has 0 unspecified atom stereocenters. The van der Waals surface area contributed by atoms with Gasteiger partial charge in [0, 0.05) is 32.7 Å².